The first-order chi connectivity index (χ1) is 19.3. The van der Waals surface area contributed by atoms with Crippen LogP contribution < -0.4 is 10.2 Å². The van der Waals surface area contributed by atoms with Crippen LogP contribution in [-0.4, -0.2) is 59.2 Å². The SMILES string of the molecule is N#CC1(NC(=O)[C@@H]2CCCC[C@H]2c2nn(-c3ccc(Cl)cn3)cc2-c2ccc(N3CCS(=O)(=O)CC3)cc2)CC1. The second-order valence-electron chi connectivity index (χ2n) is 11.1. The van der Waals surface area contributed by atoms with Crippen LogP contribution >= 0.6 is 11.6 Å². The quantitative estimate of drug-likeness (QED) is 0.463. The van der Waals surface area contributed by atoms with E-state index in [2.05, 4.69) is 21.3 Å². The summed E-state index contributed by atoms with van der Waals surface area (Å²) >= 11 is 6.07. The zero-order valence-corrected chi connectivity index (χ0v) is 23.7. The number of anilines is 1. The summed E-state index contributed by atoms with van der Waals surface area (Å²) in [6.07, 6.45) is 8.47. The first-order valence-corrected chi connectivity index (χ1v) is 16.0. The lowest BCUT2D eigenvalue weighted by Crippen LogP contribution is -2.42. The largest absolute Gasteiger partial charge is 0.369 e. The van der Waals surface area contributed by atoms with Crippen LogP contribution in [0.2, 0.25) is 5.02 Å². The van der Waals surface area contributed by atoms with E-state index >= 15 is 0 Å². The fraction of sp³-hybridized carbons (Fsp3) is 0.448. The number of amides is 1. The van der Waals surface area contributed by atoms with E-state index in [1.165, 1.54) is 0 Å². The number of nitriles is 1. The van der Waals surface area contributed by atoms with E-state index in [1.807, 2.05) is 36.5 Å². The molecule has 6 rings (SSSR count). The number of carbonyl (C=O) groups is 1. The second-order valence-corrected chi connectivity index (χ2v) is 13.8. The Bertz CT molecular complexity index is 1540. The second kappa shape index (κ2) is 10.5. The van der Waals surface area contributed by atoms with Crippen molar-refractivity contribution in [2.45, 2.75) is 50.0 Å². The van der Waals surface area contributed by atoms with E-state index in [9.17, 15) is 18.5 Å². The van der Waals surface area contributed by atoms with Crippen molar-refractivity contribution in [2.24, 2.45) is 5.92 Å². The fourth-order valence-corrected chi connectivity index (χ4v) is 7.13. The molecule has 208 valence electrons. The number of nitrogens with zero attached hydrogens (tertiary/aromatic N) is 5. The first-order valence-electron chi connectivity index (χ1n) is 13.8. The lowest BCUT2D eigenvalue weighted by atomic mass is 9.75. The van der Waals surface area contributed by atoms with Crippen LogP contribution in [0.25, 0.3) is 16.9 Å². The average molecular weight is 579 g/mol. The summed E-state index contributed by atoms with van der Waals surface area (Å²) < 4.78 is 25.5. The lowest BCUT2D eigenvalue weighted by Gasteiger charge is -2.31. The molecule has 3 aliphatic rings. The number of halogens is 1. The van der Waals surface area contributed by atoms with Gasteiger partial charge in [-0.1, -0.05) is 36.6 Å². The molecule has 0 bridgehead atoms. The topological polar surface area (TPSA) is 121 Å². The summed E-state index contributed by atoms with van der Waals surface area (Å²) in [6.45, 7) is 0.965. The molecule has 3 fully saturated rings. The van der Waals surface area contributed by atoms with E-state index in [0.717, 1.165) is 48.2 Å². The molecule has 1 N–H and O–H groups in total. The molecule has 1 aromatic carbocycles. The number of pyridine rings is 1. The van der Waals surface area contributed by atoms with E-state index in [-0.39, 0.29) is 29.2 Å². The molecular weight excluding hydrogens is 548 g/mol. The van der Waals surface area contributed by atoms with Crippen LogP contribution in [0.4, 0.5) is 5.69 Å². The van der Waals surface area contributed by atoms with Crippen molar-refractivity contribution in [3.8, 4) is 23.0 Å². The van der Waals surface area contributed by atoms with Gasteiger partial charge in [0.1, 0.15) is 5.54 Å². The van der Waals surface area contributed by atoms with Crippen molar-refractivity contribution in [3.05, 3.63) is 59.5 Å². The van der Waals surface area contributed by atoms with E-state index < -0.39 is 15.4 Å². The maximum Gasteiger partial charge on any atom is 0.225 e. The molecule has 2 aromatic heterocycles. The number of hydrogen-bond acceptors (Lipinski definition) is 7. The normalized spacial score (nSPS) is 23.2. The molecule has 2 atom stereocenters. The third kappa shape index (κ3) is 5.45. The van der Waals surface area contributed by atoms with Crippen molar-refractivity contribution in [3.63, 3.8) is 0 Å². The maximum absolute atomic E-state index is 13.5. The van der Waals surface area contributed by atoms with Crippen LogP contribution in [0.15, 0.2) is 48.8 Å². The average Bonchev–Trinajstić information content (AvgIpc) is 3.60. The highest BCUT2D eigenvalue weighted by atomic mass is 35.5. The standard InChI is InChI=1S/C29H31ClN6O3S/c30-21-7-10-26(32-17-21)36-18-25(20-5-8-22(9-6-20)35-13-15-40(38,39)16-14-35)27(34-36)23-3-1-2-4-24(23)28(37)33-29(19-31)11-12-29/h5-10,17-18,23-24H,1-4,11-16H2,(H,33,37)/t23-,24-/m1/s1. The summed E-state index contributed by atoms with van der Waals surface area (Å²) in [5.74, 6) is 0.523. The number of hydrogen-bond donors (Lipinski definition) is 1. The van der Waals surface area contributed by atoms with Gasteiger partial charge in [-0.2, -0.15) is 10.4 Å². The summed E-state index contributed by atoms with van der Waals surface area (Å²) in [4.78, 5) is 20.0. The number of benzene rings is 1. The van der Waals surface area contributed by atoms with Gasteiger partial charge in [-0.25, -0.2) is 18.1 Å². The minimum absolute atomic E-state index is 0.0655. The van der Waals surface area contributed by atoms with Gasteiger partial charge in [-0.3, -0.25) is 4.79 Å². The number of aromatic nitrogens is 3. The smallest absolute Gasteiger partial charge is 0.225 e. The Balaban J connectivity index is 1.35. The molecule has 1 amide bonds. The number of rotatable bonds is 6. The Morgan fingerprint density at radius 3 is 2.45 bits per heavy atom. The molecule has 1 saturated heterocycles. The van der Waals surface area contributed by atoms with Gasteiger partial charge in [0, 0.05) is 48.6 Å². The fourth-order valence-electron chi connectivity index (χ4n) is 5.82. The highest BCUT2D eigenvalue weighted by molar-refractivity contribution is 7.91. The molecule has 9 nitrogen and oxygen atoms in total. The Hall–Kier alpha value is -3.42. The molecule has 1 aliphatic heterocycles. The summed E-state index contributed by atoms with van der Waals surface area (Å²) in [5, 5.41) is 18.1. The van der Waals surface area contributed by atoms with E-state index in [4.69, 9.17) is 16.7 Å². The van der Waals surface area contributed by atoms with E-state index in [1.54, 1.807) is 16.9 Å². The Morgan fingerprint density at radius 2 is 1.80 bits per heavy atom. The predicted molar refractivity (Wildman–Crippen MR) is 153 cm³/mol. The Kier molecular flexibility index (Phi) is 7.05. The van der Waals surface area contributed by atoms with Gasteiger partial charge in [0.05, 0.1) is 28.3 Å². The highest BCUT2D eigenvalue weighted by Crippen LogP contribution is 2.43. The van der Waals surface area contributed by atoms with E-state index in [0.29, 0.717) is 36.8 Å². The number of sulfone groups is 1. The minimum atomic E-state index is -2.96. The molecule has 3 aromatic rings. The minimum Gasteiger partial charge on any atom is -0.369 e. The molecule has 2 saturated carbocycles. The number of nitrogens with one attached hydrogen (secondary N) is 1. The van der Waals surface area contributed by atoms with Gasteiger partial charge in [0.2, 0.25) is 5.91 Å². The molecule has 2 aliphatic carbocycles. The van der Waals surface area contributed by atoms with Gasteiger partial charge >= 0.3 is 0 Å². The third-order valence-electron chi connectivity index (χ3n) is 8.36. The van der Waals surface area contributed by atoms with Crippen LogP contribution in [-0.2, 0) is 14.6 Å². The highest BCUT2D eigenvalue weighted by Gasteiger charge is 2.47. The Morgan fingerprint density at radius 1 is 1.07 bits per heavy atom. The maximum atomic E-state index is 13.5. The molecular formula is C29H31ClN6O3S. The first kappa shape index (κ1) is 26.8. The van der Waals surface area contributed by atoms with Crippen molar-refractivity contribution < 1.29 is 13.2 Å². The van der Waals surface area contributed by atoms with Crippen molar-refractivity contribution >= 4 is 33.0 Å². The van der Waals surface area contributed by atoms with Crippen LogP contribution in [0.5, 0.6) is 0 Å². The van der Waals surface area contributed by atoms with Crippen LogP contribution in [0.1, 0.15) is 50.1 Å². The molecule has 0 unspecified atom stereocenters. The molecule has 0 spiro atoms. The zero-order valence-electron chi connectivity index (χ0n) is 22.1. The van der Waals surface area contributed by atoms with Crippen molar-refractivity contribution in [1.29, 1.82) is 5.26 Å². The van der Waals surface area contributed by atoms with Gasteiger partial charge < -0.3 is 10.2 Å². The summed E-state index contributed by atoms with van der Waals surface area (Å²) in [6, 6.07) is 14.0. The predicted octanol–water partition coefficient (Wildman–Crippen LogP) is 4.27. The summed E-state index contributed by atoms with van der Waals surface area (Å²) in [5.41, 5.74) is 3.00. The van der Waals surface area contributed by atoms with Gasteiger partial charge in [-0.05, 0) is 55.5 Å². The Labute approximate surface area is 239 Å². The van der Waals surface area contributed by atoms with Crippen molar-refractivity contribution in [2.75, 3.05) is 29.5 Å². The van der Waals surface area contributed by atoms with Gasteiger partial charge in [0.15, 0.2) is 15.7 Å². The molecule has 40 heavy (non-hydrogen) atoms. The van der Waals surface area contributed by atoms with Crippen molar-refractivity contribution in [1.82, 2.24) is 20.1 Å². The van der Waals surface area contributed by atoms with Crippen LogP contribution in [0.3, 0.4) is 0 Å². The van der Waals surface area contributed by atoms with Crippen LogP contribution in [0, 0.1) is 17.2 Å². The number of carbonyl (C=O) groups excluding carboxylic acids is 1. The molecule has 0 radical (unpaired) electrons. The molecule has 3 heterocycles. The molecule has 11 heteroatoms. The lowest BCUT2D eigenvalue weighted by molar-refractivity contribution is -0.127. The van der Waals surface area contributed by atoms with Gasteiger partial charge in [0.25, 0.3) is 0 Å². The van der Waals surface area contributed by atoms with Gasteiger partial charge in [-0.15, -0.1) is 0 Å². The third-order valence-corrected chi connectivity index (χ3v) is 10.2. The summed E-state index contributed by atoms with van der Waals surface area (Å²) in [7, 11) is -2.96. The monoisotopic (exact) mass is 578 g/mol. The zero-order chi connectivity index (χ0) is 27.9.